The van der Waals surface area contributed by atoms with Gasteiger partial charge in [-0.25, -0.2) is 28.3 Å². The van der Waals surface area contributed by atoms with Gasteiger partial charge in [0.1, 0.15) is 19.4 Å². The molecule has 44 heavy (non-hydrogen) atoms. The highest BCUT2D eigenvalue weighted by molar-refractivity contribution is 7.15. The van der Waals surface area contributed by atoms with Crippen molar-refractivity contribution in [2.45, 2.75) is 71.8 Å². The highest BCUT2D eigenvalue weighted by atomic mass is 32.1. The van der Waals surface area contributed by atoms with Crippen LogP contribution < -0.4 is 5.69 Å². The largest absolute Gasteiger partial charge is 0.465 e. The van der Waals surface area contributed by atoms with E-state index in [1.165, 1.54) is 10.9 Å². The van der Waals surface area contributed by atoms with Crippen LogP contribution in [0.1, 0.15) is 25.6 Å². The van der Waals surface area contributed by atoms with Crippen molar-refractivity contribution in [1.82, 2.24) is 34.0 Å². The summed E-state index contributed by atoms with van der Waals surface area (Å²) in [5.41, 5.74) is 0.922. The van der Waals surface area contributed by atoms with Crippen molar-refractivity contribution in [2.75, 3.05) is 13.2 Å². The van der Waals surface area contributed by atoms with Crippen LogP contribution in [0.2, 0.25) is 25.7 Å². The number of carboxylic acid groups (broad SMARTS) is 1. The fraction of sp³-hybridized carbons (Fsp3) is 0.433. The molecule has 0 saturated heterocycles. The Morgan fingerprint density at radius 1 is 1.11 bits per heavy atom. The maximum Gasteiger partial charge on any atom is 0.408 e. The lowest BCUT2D eigenvalue weighted by atomic mass is 10.1. The van der Waals surface area contributed by atoms with E-state index in [1.54, 1.807) is 43.1 Å². The molecule has 3 heterocycles. The molecule has 0 aliphatic rings. The van der Waals surface area contributed by atoms with E-state index in [0.29, 0.717) is 25.4 Å². The first-order valence-corrected chi connectivity index (χ1v) is 18.8. The smallest absolute Gasteiger partial charge is 0.408 e. The van der Waals surface area contributed by atoms with Crippen LogP contribution in [0.3, 0.4) is 0 Å². The maximum absolute atomic E-state index is 13.7. The second-order valence-corrected chi connectivity index (χ2v) is 19.6. The zero-order valence-electron chi connectivity index (χ0n) is 26.0. The van der Waals surface area contributed by atoms with Crippen LogP contribution in [-0.4, -0.2) is 72.0 Å². The molecule has 0 bridgehead atoms. The molecule has 0 fully saturated rings. The highest BCUT2D eigenvalue weighted by Gasteiger charge is 2.27. The number of ether oxygens (including phenoxy) is 1. The number of hydrogen-bond donors (Lipinski definition) is 1. The van der Waals surface area contributed by atoms with E-state index in [4.69, 9.17) is 4.74 Å². The number of aromatic nitrogens is 6. The lowest BCUT2D eigenvalue weighted by molar-refractivity contribution is 0.0785. The lowest BCUT2D eigenvalue weighted by Crippen LogP contribution is -2.46. The fourth-order valence-electron chi connectivity index (χ4n) is 4.29. The summed E-state index contributed by atoms with van der Waals surface area (Å²) in [5, 5.41) is 18.2. The summed E-state index contributed by atoms with van der Waals surface area (Å²) in [6.07, 6.45) is 2.27. The predicted octanol–water partition coefficient (Wildman–Crippen LogP) is 6.02. The Morgan fingerprint density at radius 2 is 1.82 bits per heavy atom. The summed E-state index contributed by atoms with van der Waals surface area (Å²) in [6, 6.07) is 13.1. The Kier molecular flexibility index (Phi) is 10.4. The van der Waals surface area contributed by atoms with Crippen molar-refractivity contribution in [3.8, 4) is 21.8 Å². The molecule has 1 aromatic carbocycles. The van der Waals surface area contributed by atoms with Gasteiger partial charge in [-0.2, -0.15) is 5.10 Å². The van der Waals surface area contributed by atoms with Gasteiger partial charge in [0.05, 0.1) is 19.4 Å². The number of thiophene rings is 1. The Balaban J connectivity index is 1.36. The number of nitrogens with zero attached hydrogens (tertiary/aromatic N) is 7. The molecule has 14 heteroatoms. The minimum atomic E-state index is -1.17. The molecule has 1 amide bonds. The topological polar surface area (TPSA) is 120 Å². The monoisotopic (exact) mass is 641 g/mol. The molecule has 11 nitrogen and oxygen atoms in total. The Morgan fingerprint density at radius 3 is 2.45 bits per heavy atom. The molecule has 0 spiro atoms. The van der Waals surface area contributed by atoms with Gasteiger partial charge in [-0.3, -0.25) is 9.47 Å². The summed E-state index contributed by atoms with van der Waals surface area (Å²) >= 11 is 1.56. The molecule has 236 valence electrons. The van der Waals surface area contributed by atoms with E-state index in [9.17, 15) is 19.1 Å². The van der Waals surface area contributed by atoms with Crippen LogP contribution in [0.5, 0.6) is 0 Å². The van der Waals surface area contributed by atoms with Gasteiger partial charge < -0.3 is 9.84 Å². The third-order valence-corrected chi connectivity index (χ3v) is 9.70. The molecule has 0 saturated carbocycles. The first kappa shape index (κ1) is 33.0. The number of amides is 1. The predicted molar refractivity (Wildman–Crippen MR) is 172 cm³/mol. The first-order chi connectivity index (χ1) is 20.7. The van der Waals surface area contributed by atoms with Crippen LogP contribution >= 0.6 is 11.3 Å². The average Bonchev–Trinajstić information content (AvgIpc) is 3.70. The third kappa shape index (κ3) is 8.83. The molecule has 0 unspecified atom stereocenters. The Hall–Kier alpha value is -3.88. The van der Waals surface area contributed by atoms with Crippen LogP contribution in [0, 0.1) is 0 Å². The van der Waals surface area contributed by atoms with Gasteiger partial charge >= 0.3 is 11.8 Å². The molecule has 1 N–H and O–H groups in total. The molecular weight excluding hydrogens is 602 g/mol. The number of benzene rings is 1. The SMILES string of the molecule is CC(C)(C)N(CC(=CF)Cn1ncn(Cc2ccc(-c3ccc(-c4ncn(COCC[Si](C)(C)C)n4)cc3)s2)c1=O)C(=O)O. The van der Waals surface area contributed by atoms with Crippen LogP contribution in [0.15, 0.2) is 65.8 Å². The molecule has 4 rings (SSSR count). The normalized spacial score (nSPS) is 12.6. The van der Waals surface area contributed by atoms with Gasteiger partial charge in [-0.1, -0.05) is 43.9 Å². The first-order valence-electron chi connectivity index (χ1n) is 14.3. The average molecular weight is 642 g/mol. The Labute approximate surface area is 261 Å². The summed E-state index contributed by atoms with van der Waals surface area (Å²) in [5.74, 6) is 0.633. The van der Waals surface area contributed by atoms with Crippen molar-refractivity contribution in [3.05, 3.63) is 76.3 Å². The lowest BCUT2D eigenvalue weighted by Gasteiger charge is -2.33. The fourth-order valence-corrected chi connectivity index (χ4v) is 6.06. The van der Waals surface area contributed by atoms with Gasteiger partial charge in [0.2, 0.25) is 0 Å². The number of carbonyl (C=O) groups is 1. The molecular formula is C30H40FN7O4SSi. The van der Waals surface area contributed by atoms with E-state index in [2.05, 4.69) is 34.8 Å². The van der Waals surface area contributed by atoms with Gasteiger partial charge in [-0.15, -0.1) is 16.4 Å². The van der Waals surface area contributed by atoms with E-state index in [1.807, 2.05) is 36.4 Å². The van der Waals surface area contributed by atoms with Crippen molar-refractivity contribution in [3.63, 3.8) is 0 Å². The summed E-state index contributed by atoms with van der Waals surface area (Å²) in [7, 11) is -1.13. The maximum atomic E-state index is 13.7. The number of halogens is 1. The van der Waals surface area contributed by atoms with Gasteiger partial charge in [-0.05, 0) is 50.1 Å². The minimum Gasteiger partial charge on any atom is -0.465 e. The van der Waals surface area contributed by atoms with Crippen molar-refractivity contribution >= 4 is 25.5 Å². The summed E-state index contributed by atoms with van der Waals surface area (Å²) in [6.45, 7) is 13.2. The van der Waals surface area contributed by atoms with Crippen LogP contribution in [0.25, 0.3) is 21.8 Å². The van der Waals surface area contributed by atoms with E-state index < -0.39 is 25.4 Å². The highest BCUT2D eigenvalue weighted by Crippen LogP contribution is 2.30. The Bertz CT molecular complexity index is 1640. The number of hydrogen-bond acceptors (Lipinski definition) is 7. The number of rotatable bonds is 13. The quantitative estimate of drug-likeness (QED) is 0.140. The summed E-state index contributed by atoms with van der Waals surface area (Å²) < 4.78 is 23.7. The van der Waals surface area contributed by atoms with Crippen molar-refractivity contribution in [1.29, 1.82) is 0 Å². The molecule has 0 radical (unpaired) electrons. The van der Waals surface area contributed by atoms with Crippen LogP contribution in [0.4, 0.5) is 9.18 Å². The van der Waals surface area contributed by atoms with E-state index in [-0.39, 0.29) is 18.7 Å². The standard InChI is InChI=1S/C30H40FN7O4SSi/c1-30(2,3)37(29(40)41)16-22(15-31)17-38-28(39)35(20-33-38)18-25-11-12-26(43-25)23-7-9-24(10-8-23)27-32-19-36(34-27)21-42-13-14-44(4,5)6/h7-12,15,19-20H,13-14,16-18,21H2,1-6H3,(H,40,41). The second kappa shape index (κ2) is 13.8. The molecule has 0 aliphatic heterocycles. The summed E-state index contributed by atoms with van der Waals surface area (Å²) in [4.78, 5) is 32.2. The third-order valence-electron chi connectivity index (χ3n) is 6.88. The molecule has 0 atom stereocenters. The zero-order chi connectivity index (χ0) is 32.1. The molecule has 3 aromatic heterocycles. The van der Waals surface area contributed by atoms with Gasteiger partial charge in [0, 0.05) is 42.1 Å². The van der Waals surface area contributed by atoms with Crippen LogP contribution in [-0.2, 0) is 24.6 Å². The molecule has 0 aliphatic carbocycles. The second-order valence-electron chi connectivity index (χ2n) is 12.8. The van der Waals surface area contributed by atoms with E-state index in [0.717, 1.165) is 43.1 Å². The van der Waals surface area contributed by atoms with Gasteiger partial charge in [0.15, 0.2) is 5.82 Å². The minimum absolute atomic E-state index is 0.129. The van der Waals surface area contributed by atoms with Crippen molar-refractivity contribution in [2.24, 2.45) is 0 Å². The zero-order valence-corrected chi connectivity index (χ0v) is 27.8. The van der Waals surface area contributed by atoms with Crippen molar-refractivity contribution < 1.29 is 19.0 Å². The van der Waals surface area contributed by atoms with Gasteiger partial charge in [0.25, 0.3) is 0 Å². The van der Waals surface area contributed by atoms with E-state index >= 15 is 0 Å². The molecule has 4 aromatic rings.